The fraction of sp³-hybridized carbons (Fsp3) is 0.476. The summed E-state index contributed by atoms with van der Waals surface area (Å²) in [4.78, 5) is 14.9. The fourth-order valence-electron chi connectivity index (χ4n) is 4.11. The van der Waals surface area contributed by atoms with Crippen molar-refractivity contribution in [1.29, 1.82) is 0 Å². The topological polar surface area (TPSA) is 40.5 Å². The minimum absolute atomic E-state index is 0.0475. The van der Waals surface area contributed by atoms with Crippen molar-refractivity contribution >= 4 is 5.91 Å². The number of allylic oxidation sites excluding steroid dienone is 4. The highest BCUT2D eigenvalue weighted by Crippen LogP contribution is 2.36. The average Bonchev–Trinajstić information content (AvgIpc) is 3.24. The first-order valence-corrected chi connectivity index (χ1v) is 8.93. The first-order chi connectivity index (χ1) is 11.6. The van der Waals surface area contributed by atoms with Gasteiger partial charge in [-0.3, -0.25) is 4.79 Å². The molecular formula is C21H27NO2. The van der Waals surface area contributed by atoms with Crippen LogP contribution in [0.5, 0.6) is 0 Å². The zero-order chi connectivity index (χ0) is 17.2. The van der Waals surface area contributed by atoms with Crippen molar-refractivity contribution in [3.8, 4) is 0 Å². The fourth-order valence-corrected chi connectivity index (χ4v) is 4.11. The van der Waals surface area contributed by atoms with Crippen LogP contribution in [0, 0.1) is 5.92 Å². The number of benzene rings is 1. The van der Waals surface area contributed by atoms with E-state index in [0.717, 1.165) is 25.8 Å². The van der Waals surface area contributed by atoms with Gasteiger partial charge in [0.1, 0.15) is 0 Å². The molecule has 1 aromatic carbocycles. The summed E-state index contributed by atoms with van der Waals surface area (Å²) in [7, 11) is 0. The molecule has 24 heavy (non-hydrogen) atoms. The second-order valence-corrected chi connectivity index (χ2v) is 7.46. The Morgan fingerprint density at radius 3 is 2.50 bits per heavy atom. The standard InChI is InChI=1S/C21H27NO2/c1-16(2)14-21(15-23)12-5-13-22(21)20(24)19-10-8-18(9-11-19)17-6-3-4-7-17/h3-4,6-11,16-17,23H,5,12-15H2,1-2H3/t21-/m0/s1. The van der Waals surface area contributed by atoms with Crippen LogP contribution in [0.3, 0.4) is 0 Å². The molecule has 1 aliphatic carbocycles. The van der Waals surface area contributed by atoms with Crippen LogP contribution in [-0.4, -0.2) is 34.6 Å². The van der Waals surface area contributed by atoms with E-state index >= 15 is 0 Å². The molecule has 1 fully saturated rings. The highest BCUT2D eigenvalue weighted by molar-refractivity contribution is 5.95. The second-order valence-electron chi connectivity index (χ2n) is 7.46. The molecular weight excluding hydrogens is 298 g/mol. The maximum Gasteiger partial charge on any atom is 0.254 e. The molecule has 0 saturated carbocycles. The molecule has 1 saturated heterocycles. The molecule has 1 amide bonds. The van der Waals surface area contributed by atoms with Gasteiger partial charge in [0.2, 0.25) is 0 Å². The molecule has 2 aliphatic rings. The van der Waals surface area contributed by atoms with Gasteiger partial charge in [0, 0.05) is 18.0 Å². The molecule has 0 spiro atoms. The van der Waals surface area contributed by atoms with Gasteiger partial charge in [0.05, 0.1) is 12.1 Å². The zero-order valence-corrected chi connectivity index (χ0v) is 14.6. The molecule has 3 heteroatoms. The van der Waals surface area contributed by atoms with Crippen molar-refractivity contribution < 1.29 is 9.90 Å². The summed E-state index contributed by atoms with van der Waals surface area (Å²) in [6, 6.07) is 7.93. The third-order valence-electron chi connectivity index (χ3n) is 5.21. The van der Waals surface area contributed by atoms with Crippen LogP contribution in [-0.2, 0) is 0 Å². The molecule has 0 bridgehead atoms. The molecule has 1 heterocycles. The molecule has 1 aromatic rings. The van der Waals surface area contributed by atoms with Gasteiger partial charge in [-0.1, -0.05) is 50.3 Å². The minimum Gasteiger partial charge on any atom is -0.394 e. The Balaban J connectivity index is 1.79. The summed E-state index contributed by atoms with van der Waals surface area (Å²) >= 11 is 0. The molecule has 1 aliphatic heterocycles. The maximum atomic E-state index is 13.0. The van der Waals surface area contributed by atoms with Crippen molar-refractivity contribution in [1.82, 2.24) is 4.90 Å². The molecule has 0 radical (unpaired) electrons. The van der Waals surface area contributed by atoms with Crippen molar-refractivity contribution in [3.63, 3.8) is 0 Å². The van der Waals surface area contributed by atoms with E-state index in [4.69, 9.17) is 0 Å². The first kappa shape index (κ1) is 17.0. The molecule has 128 valence electrons. The van der Waals surface area contributed by atoms with E-state index in [-0.39, 0.29) is 18.1 Å². The third-order valence-corrected chi connectivity index (χ3v) is 5.21. The summed E-state index contributed by atoms with van der Waals surface area (Å²) in [6.07, 6.45) is 11.1. The molecule has 3 rings (SSSR count). The molecule has 0 aromatic heterocycles. The summed E-state index contributed by atoms with van der Waals surface area (Å²) in [5, 5.41) is 10.0. The van der Waals surface area contributed by atoms with Crippen LogP contribution in [0.4, 0.5) is 0 Å². The number of hydrogen-bond acceptors (Lipinski definition) is 2. The smallest absolute Gasteiger partial charge is 0.254 e. The lowest BCUT2D eigenvalue weighted by molar-refractivity contribution is 0.0332. The SMILES string of the molecule is CC(C)C[C@]1(CO)CCCN1C(=O)c1ccc(C2C=CC=C2)cc1. The van der Waals surface area contributed by atoms with Gasteiger partial charge < -0.3 is 10.0 Å². The van der Waals surface area contributed by atoms with E-state index in [0.29, 0.717) is 17.4 Å². The predicted octanol–water partition coefficient (Wildman–Crippen LogP) is 3.91. The number of amides is 1. The molecule has 0 unspecified atom stereocenters. The Hall–Kier alpha value is -1.87. The average molecular weight is 325 g/mol. The van der Waals surface area contributed by atoms with Crippen LogP contribution in [0.2, 0.25) is 0 Å². The van der Waals surface area contributed by atoms with E-state index < -0.39 is 0 Å². The summed E-state index contributed by atoms with van der Waals surface area (Å²) in [5.41, 5.74) is 1.53. The lowest BCUT2D eigenvalue weighted by atomic mass is 9.86. The van der Waals surface area contributed by atoms with Gasteiger partial charge >= 0.3 is 0 Å². The Kier molecular flexibility index (Phi) is 4.91. The van der Waals surface area contributed by atoms with E-state index in [2.05, 4.69) is 38.2 Å². The highest BCUT2D eigenvalue weighted by Gasteiger charge is 2.43. The van der Waals surface area contributed by atoms with E-state index in [1.165, 1.54) is 5.56 Å². The quantitative estimate of drug-likeness (QED) is 0.891. The van der Waals surface area contributed by atoms with Gasteiger partial charge in [0.15, 0.2) is 0 Å². The third kappa shape index (κ3) is 3.18. The van der Waals surface area contributed by atoms with Crippen LogP contribution in [0.1, 0.15) is 54.9 Å². The minimum atomic E-state index is -0.388. The lowest BCUT2D eigenvalue weighted by Crippen LogP contribution is -2.50. The van der Waals surface area contributed by atoms with E-state index in [1.54, 1.807) is 0 Å². The Bertz CT molecular complexity index is 632. The zero-order valence-electron chi connectivity index (χ0n) is 14.6. The first-order valence-electron chi connectivity index (χ1n) is 8.93. The van der Waals surface area contributed by atoms with Crippen molar-refractivity contribution in [2.24, 2.45) is 5.92 Å². The van der Waals surface area contributed by atoms with Crippen LogP contribution >= 0.6 is 0 Å². The summed E-state index contributed by atoms with van der Waals surface area (Å²) in [5.74, 6) is 0.818. The van der Waals surface area contributed by atoms with Gasteiger partial charge in [-0.05, 0) is 42.9 Å². The van der Waals surface area contributed by atoms with E-state index in [9.17, 15) is 9.90 Å². The molecule has 1 atom stereocenters. The number of rotatable bonds is 5. The Labute approximate surface area is 144 Å². The monoisotopic (exact) mass is 325 g/mol. The Morgan fingerprint density at radius 2 is 1.92 bits per heavy atom. The van der Waals surface area contributed by atoms with E-state index in [1.807, 2.05) is 29.2 Å². The van der Waals surface area contributed by atoms with Gasteiger partial charge in [-0.25, -0.2) is 0 Å². The van der Waals surface area contributed by atoms with Gasteiger partial charge in [0.25, 0.3) is 5.91 Å². The maximum absolute atomic E-state index is 13.0. The number of aliphatic hydroxyl groups excluding tert-OH is 1. The van der Waals surface area contributed by atoms with Crippen LogP contribution in [0.15, 0.2) is 48.6 Å². The van der Waals surface area contributed by atoms with Crippen LogP contribution < -0.4 is 0 Å². The lowest BCUT2D eigenvalue weighted by Gasteiger charge is -2.38. The number of carbonyl (C=O) groups excluding carboxylic acids is 1. The van der Waals surface area contributed by atoms with Crippen molar-refractivity contribution in [3.05, 3.63) is 59.7 Å². The predicted molar refractivity (Wildman–Crippen MR) is 97.0 cm³/mol. The largest absolute Gasteiger partial charge is 0.394 e. The number of likely N-dealkylation sites (tertiary alicyclic amines) is 1. The summed E-state index contributed by atoms with van der Waals surface area (Å²) in [6.45, 7) is 5.08. The number of carbonyl (C=O) groups is 1. The van der Waals surface area contributed by atoms with Gasteiger partial charge in [-0.2, -0.15) is 0 Å². The van der Waals surface area contributed by atoms with Crippen molar-refractivity contribution in [2.45, 2.75) is 44.6 Å². The van der Waals surface area contributed by atoms with Gasteiger partial charge in [-0.15, -0.1) is 0 Å². The normalized spacial score (nSPS) is 23.6. The number of hydrogen-bond donors (Lipinski definition) is 1. The molecule has 3 nitrogen and oxygen atoms in total. The molecule has 1 N–H and O–H groups in total. The second kappa shape index (κ2) is 6.94. The van der Waals surface area contributed by atoms with Crippen LogP contribution in [0.25, 0.3) is 0 Å². The Morgan fingerprint density at radius 1 is 1.25 bits per heavy atom. The number of aliphatic hydroxyl groups is 1. The highest BCUT2D eigenvalue weighted by atomic mass is 16.3. The van der Waals surface area contributed by atoms with Crippen molar-refractivity contribution in [2.75, 3.05) is 13.2 Å². The number of nitrogens with zero attached hydrogens (tertiary/aromatic N) is 1. The summed E-state index contributed by atoms with van der Waals surface area (Å²) < 4.78 is 0.